The molecule has 14 heavy (non-hydrogen) atoms. The molecule has 68 valence electrons. The number of imidazole rings is 1. The Bertz CT molecular complexity index is 527. The quantitative estimate of drug-likeness (QED) is 0.619. The summed E-state index contributed by atoms with van der Waals surface area (Å²) in [7, 11) is 0. The van der Waals surface area contributed by atoms with Crippen molar-refractivity contribution in [3.63, 3.8) is 0 Å². The molecule has 0 spiro atoms. The van der Waals surface area contributed by atoms with Crippen molar-refractivity contribution in [2.24, 2.45) is 0 Å². The first-order valence-electron chi connectivity index (χ1n) is 4.82. The predicted molar refractivity (Wildman–Crippen MR) is 55.9 cm³/mol. The molecule has 0 saturated heterocycles. The monoisotopic (exact) mass is 182 g/mol. The molecule has 1 fully saturated rings. The molecule has 0 bridgehead atoms. The molecule has 0 aliphatic heterocycles. The molecule has 0 atom stereocenters. The van der Waals surface area contributed by atoms with Crippen LogP contribution >= 0.6 is 0 Å². The first-order valence-corrected chi connectivity index (χ1v) is 4.82. The molecule has 2 aromatic rings. The van der Waals surface area contributed by atoms with Crippen LogP contribution in [0, 0.1) is 12.3 Å². The van der Waals surface area contributed by atoms with Crippen molar-refractivity contribution in [1.82, 2.24) is 9.55 Å². The van der Waals surface area contributed by atoms with Gasteiger partial charge >= 0.3 is 0 Å². The Balaban J connectivity index is 2.23. The van der Waals surface area contributed by atoms with Crippen LogP contribution in [-0.4, -0.2) is 9.55 Å². The highest BCUT2D eigenvalue weighted by Gasteiger charge is 2.24. The normalized spacial score (nSPS) is 15.6. The van der Waals surface area contributed by atoms with Crippen LogP contribution in [0.25, 0.3) is 11.0 Å². The molecule has 2 nitrogen and oxygen atoms in total. The molecule has 1 aromatic carbocycles. The molecule has 1 aromatic heterocycles. The zero-order valence-electron chi connectivity index (χ0n) is 7.77. The standard InChI is InChI=1S/C12H10N2/c1-2-9-3-6-12-11(7-9)13-8-14(12)10-4-5-10/h1,3,6-8,10H,4-5H2. The zero-order valence-corrected chi connectivity index (χ0v) is 7.77. The third-order valence-electron chi connectivity index (χ3n) is 2.68. The minimum absolute atomic E-state index is 0.677. The molecule has 3 rings (SSSR count). The number of rotatable bonds is 1. The fourth-order valence-corrected chi connectivity index (χ4v) is 1.77. The molecule has 1 heterocycles. The van der Waals surface area contributed by atoms with E-state index in [1.54, 1.807) is 0 Å². The number of benzene rings is 1. The average Bonchev–Trinajstić information content (AvgIpc) is 2.98. The summed E-state index contributed by atoms with van der Waals surface area (Å²) in [5.74, 6) is 2.62. The van der Waals surface area contributed by atoms with E-state index >= 15 is 0 Å². The van der Waals surface area contributed by atoms with Crippen LogP contribution in [0.15, 0.2) is 24.5 Å². The van der Waals surface area contributed by atoms with Crippen molar-refractivity contribution < 1.29 is 0 Å². The van der Waals surface area contributed by atoms with Crippen LogP contribution in [-0.2, 0) is 0 Å². The van der Waals surface area contributed by atoms with Crippen LogP contribution < -0.4 is 0 Å². The molecule has 0 amide bonds. The second-order valence-electron chi connectivity index (χ2n) is 3.73. The number of hydrogen-bond donors (Lipinski definition) is 0. The maximum atomic E-state index is 5.34. The van der Waals surface area contributed by atoms with Gasteiger partial charge in [-0.25, -0.2) is 4.98 Å². The van der Waals surface area contributed by atoms with Gasteiger partial charge in [0.1, 0.15) is 0 Å². The van der Waals surface area contributed by atoms with E-state index in [0.29, 0.717) is 6.04 Å². The minimum atomic E-state index is 0.677. The molecular weight excluding hydrogens is 172 g/mol. The second-order valence-corrected chi connectivity index (χ2v) is 3.73. The third-order valence-corrected chi connectivity index (χ3v) is 2.68. The number of nitrogens with zero attached hydrogens (tertiary/aromatic N) is 2. The van der Waals surface area contributed by atoms with Gasteiger partial charge in [-0.05, 0) is 31.0 Å². The van der Waals surface area contributed by atoms with Gasteiger partial charge < -0.3 is 4.57 Å². The molecule has 1 aliphatic rings. The van der Waals surface area contributed by atoms with Gasteiger partial charge in [0.05, 0.1) is 17.4 Å². The highest BCUT2D eigenvalue weighted by Crippen LogP contribution is 2.36. The summed E-state index contributed by atoms with van der Waals surface area (Å²) in [6.45, 7) is 0. The fourth-order valence-electron chi connectivity index (χ4n) is 1.77. The van der Waals surface area contributed by atoms with Crippen LogP contribution in [0.3, 0.4) is 0 Å². The summed E-state index contributed by atoms with van der Waals surface area (Å²) in [6, 6.07) is 6.68. The van der Waals surface area contributed by atoms with Crippen LogP contribution in [0.2, 0.25) is 0 Å². The van der Waals surface area contributed by atoms with Crippen molar-refractivity contribution in [1.29, 1.82) is 0 Å². The lowest BCUT2D eigenvalue weighted by Gasteiger charge is -1.99. The fraction of sp³-hybridized carbons (Fsp3) is 0.250. The third kappa shape index (κ3) is 1.03. The topological polar surface area (TPSA) is 17.8 Å². The van der Waals surface area contributed by atoms with Gasteiger partial charge in [0.2, 0.25) is 0 Å². The van der Waals surface area contributed by atoms with Crippen molar-refractivity contribution in [3.8, 4) is 12.3 Å². The summed E-state index contributed by atoms with van der Waals surface area (Å²) in [6.07, 6.45) is 9.81. The van der Waals surface area contributed by atoms with E-state index < -0.39 is 0 Å². The lowest BCUT2D eigenvalue weighted by atomic mass is 10.2. The van der Waals surface area contributed by atoms with E-state index in [1.807, 2.05) is 18.5 Å². The highest BCUT2D eigenvalue weighted by molar-refractivity contribution is 5.77. The lowest BCUT2D eigenvalue weighted by molar-refractivity contribution is 0.766. The summed E-state index contributed by atoms with van der Waals surface area (Å²) in [5.41, 5.74) is 3.11. The summed E-state index contributed by atoms with van der Waals surface area (Å²) >= 11 is 0. The van der Waals surface area contributed by atoms with E-state index in [-0.39, 0.29) is 0 Å². The van der Waals surface area contributed by atoms with E-state index in [1.165, 1.54) is 18.4 Å². The van der Waals surface area contributed by atoms with E-state index in [9.17, 15) is 0 Å². The highest BCUT2D eigenvalue weighted by atomic mass is 15.1. The van der Waals surface area contributed by atoms with Gasteiger partial charge in [-0.2, -0.15) is 0 Å². The van der Waals surface area contributed by atoms with Crippen molar-refractivity contribution >= 4 is 11.0 Å². The summed E-state index contributed by atoms with van der Waals surface area (Å²) in [5, 5.41) is 0. The Hall–Kier alpha value is -1.75. The molecule has 0 radical (unpaired) electrons. The molecule has 2 heteroatoms. The van der Waals surface area contributed by atoms with Crippen LogP contribution in [0.5, 0.6) is 0 Å². The van der Waals surface area contributed by atoms with Gasteiger partial charge in [-0.3, -0.25) is 0 Å². The predicted octanol–water partition coefficient (Wildman–Crippen LogP) is 2.35. The average molecular weight is 182 g/mol. The Kier molecular flexibility index (Phi) is 1.43. The Morgan fingerprint density at radius 1 is 1.43 bits per heavy atom. The van der Waals surface area contributed by atoms with Crippen LogP contribution in [0.4, 0.5) is 0 Å². The summed E-state index contributed by atoms with van der Waals surface area (Å²) in [4.78, 5) is 4.36. The molecular formula is C12H10N2. The Morgan fingerprint density at radius 2 is 2.29 bits per heavy atom. The van der Waals surface area contributed by atoms with Gasteiger partial charge in [0, 0.05) is 11.6 Å². The molecule has 0 unspecified atom stereocenters. The zero-order chi connectivity index (χ0) is 9.54. The maximum Gasteiger partial charge on any atom is 0.0960 e. The number of aromatic nitrogens is 2. The number of hydrogen-bond acceptors (Lipinski definition) is 1. The van der Waals surface area contributed by atoms with E-state index in [4.69, 9.17) is 6.42 Å². The first kappa shape index (κ1) is 7.64. The lowest BCUT2D eigenvalue weighted by Crippen LogP contribution is -1.89. The van der Waals surface area contributed by atoms with Crippen molar-refractivity contribution in [2.45, 2.75) is 18.9 Å². The van der Waals surface area contributed by atoms with Gasteiger partial charge in [-0.15, -0.1) is 6.42 Å². The summed E-state index contributed by atoms with van der Waals surface area (Å²) < 4.78 is 2.25. The smallest absolute Gasteiger partial charge is 0.0960 e. The van der Waals surface area contributed by atoms with E-state index in [0.717, 1.165) is 11.1 Å². The second kappa shape index (κ2) is 2.62. The van der Waals surface area contributed by atoms with E-state index in [2.05, 4.69) is 21.5 Å². The number of terminal acetylenes is 1. The van der Waals surface area contributed by atoms with Crippen molar-refractivity contribution in [2.75, 3.05) is 0 Å². The Morgan fingerprint density at radius 3 is 3.00 bits per heavy atom. The minimum Gasteiger partial charge on any atom is -0.327 e. The van der Waals surface area contributed by atoms with Gasteiger partial charge in [-0.1, -0.05) is 5.92 Å². The SMILES string of the molecule is C#Cc1ccc2c(c1)ncn2C1CC1. The molecule has 1 aliphatic carbocycles. The Labute approximate surface area is 82.6 Å². The maximum absolute atomic E-state index is 5.34. The van der Waals surface area contributed by atoms with Gasteiger partial charge in [0.25, 0.3) is 0 Å². The largest absolute Gasteiger partial charge is 0.327 e. The molecule has 0 N–H and O–H groups in total. The van der Waals surface area contributed by atoms with Crippen LogP contribution in [0.1, 0.15) is 24.4 Å². The van der Waals surface area contributed by atoms with Crippen molar-refractivity contribution in [3.05, 3.63) is 30.1 Å². The molecule has 1 saturated carbocycles. The number of fused-ring (bicyclic) bond motifs is 1. The first-order chi connectivity index (χ1) is 6.88. The van der Waals surface area contributed by atoms with Gasteiger partial charge in [0.15, 0.2) is 0 Å².